The first kappa shape index (κ1) is 23.1. The number of Topliss-reactive ketones (excluding diaryl/α,β-unsaturated/α-hetero) is 1. The number of aliphatic hydroxyl groups excluding tert-OH is 2. The predicted molar refractivity (Wildman–Crippen MR) is 126 cm³/mol. The van der Waals surface area contributed by atoms with Crippen molar-refractivity contribution in [3.8, 4) is 11.5 Å². The minimum Gasteiger partial charge on any atom is -0.458 e. The zero-order valence-electron chi connectivity index (χ0n) is 19.7. The molecule has 10 nitrogen and oxygen atoms in total. The molecule has 0 fully saturated rings. The van der Waals surface area contributed by atoms with Crippen molar-refractivity contribution in [1.82, 2.24) is 10.3 Å². The van der Waals surface area contributed by atoms with E-state index in [4.69, 9.17) is 24.3 Å². The molecule has 4 aliphatic rings. The molecule has 36 heavy (non-hydrogen) atoms. The van der Waals surface area contributed by atoms with Crippen LogP contribution in [0.4, 0.5) is 0 Å². The van der Waals surface area contributed by atoms with Crippen molar-refractivity contribution in [2.75, 3.05) is 26.6 Å². The maximum atomic E-state index is 13.5. The fraction of sp³-hybridized carbons (Fsp3) is 0.423. The highest BCUT2D eigenvalue weighted by Gasteiger charge is 2.49. The molecule has 10 heteroatoms. The smallest absolute Gasteiger partial charge is 0.342 e. The number of ketones is 1. The molecule has 0 radical (unpaired) electrons. The van der Waals surface area contributed by atoms with Gasteiger partial charge in [0.25, 0.3) is 0 Å². The van der Waals surface area contributed by atoms with E-state index in [1.54, 1.807) is 6.08 Å². The number of allylic oxidation sites excluding steroid dienone is 1. The van der Waals surface area contributed by atoms with Crippen molar-refractivity contribution in [1.29, 1.82) is 0 Å². The second-order valence-electron chi connectivity index (χ2n) is 9.70. The van der Waals surface area contributed by atoms with E-state index in [2.05, 4.69) is 5.32 Å². The largest absolute Gasteiger partial charge is 0.458 e. The molecule has 1 aromatic heterocycles. The minimum atomic E-state index is -1.91. The van der Waals surface area contributed by atoms with Gasteiger partial charge in [0, 0.05) is 29.1 Å². The highest BCUT2D eigenvalue weighted by Crippen LogP contribution is 2.48. The van der Waals surface area contributed by atoms with Crippen LogP contribution in [0.2, 0.25) is 0 Å². The van der Waals surface area contributed by atoms with Crippen LogP contribution < -0.4 is 14.8 Å². The average molecular weight is 495 g/mol. The number of nitrogens with one attached hydrogen (secondary N) is 1. The molecule has 2 aromatic rings. The van der Waals surface area contributed by atoms with Crippen LogP contribution in [0.15, 0.2) is 29.4 Å². The summed E-state index contributed by atoms with van der Waals surface area (Å²) in [7, 11) is 0. The van der Waals surface area contributed by atoms with Crippen LogP contribution in [0.25, 0.3) is 16.5 Å². The topological polar surface area (TPSA) is 147 Å². The Morgan fingerprint density at radius 3 is 2.78 bits per heavy atom. The third-order valence-corrected chi connectivity index (χ3v) is 7.43. The van der Waals surface area contributed by atoms with Gasteiger partial charge in [-0.2, -0.15) is 0 Å². The molecule has 0 bridgehead atoms. The third kappa shape index (κ3) is 3.44. The highest BCUT2D eigenvalue weighted by molar-refractivity contribution is 6.12. The van der Waals surface area contributed by atoms with Crippen LogP contribution in [0, 0.1) is 5.92 Å². The van der Waals surface area contributed by atoms with Crippen LogP contribution in [-0.4, -0.2) is 70.3 Å². The molecule has 188 valence electrons. The maximum absolute atomic E-state index is 13.5. The number of hydrogen-bond donors (Lipinski definition) is 4. The molecular formula is C26H26N2O8. The fourth-order valence-electron chi connectivity index (χ4n) is 5.43. The van der Waals surface area contributed by atoms with E-state index < -0.39 is 23.6 Å². The Balaban J connectivity index is 1.47. The molecule has 2 unspecified atom stereocenters. The van der Waals surface area contributed by atoms with Crippen molar-refractivity contribution in [2.45, 2.75) is 38.0 Å². The molecule has 0 saturated carbocycles. The number of rotatable bonds is 6. The SMILES string of the molecule is C[C@@]1(O)C(=O)OCC2=C1C=C1c3nc4cc5c(cc4c(CNCCC(O)CO)c3CC1C2=O)OCO5. The van der Waals surface area contributed by atoms with Crippen LogP contribution in [0.3, 0.4) is 0 Å². The normalized spacial score (nSPS) is 24.9. The van der Waals surface area contributed by atoms with Gasteiger partial charge in [-0.05, 0) is 55.2 Å². The Bertz CT molecular complexity index is 1380. The number of aromatic nitrogens is 1. The van der Waals surface area contributed by atoms with E-state index in [0.29, 0.717) is 59.8 Å². The number of cyclic esters (lactones) is 1. The maximum Gasteiger partial charge on any atom is 0.342 e. The second kappa shape index (κ2) is 8.38. The monoisotopic (exact) mass is 494 g/mol. The number of benzene rings is 1. The number of nitrogens with zero attached hydrogens (tertiary/aromatic N) is 1. The van der Waals surface area contributed by atoms with Gasteiger partial charge in [-0.3, -0.25) is 4.79 Å². The molecule has 6 rings (SSSR count). The highest BCUT2D eigenvalue weighted by atomic mass is 16.7. The van der Waals surface area contributed by atoms with E-state index in [1.807, 2.05) is 12.1 Å². The van der Waals surface area contributed by atoms with Gasteiger partial charge in [0.15, 0.2) is 22.9 Å². The summed E-state index contributed by atoms with van der Waals surface area (Å²) < 4.78 is 16.2. The molecule has 1 aromatic carbocycles. The van der Waals surface area contributed by atoms with Crippen molar-refractivity contribution in [3.63, 3.8) is 0 Å². The Hall–Kier alpha value is -3.31. The molecule has 3 atom stereocenters. The van der Waals surface area contributed by atoms with Gasteiger partial charge in [0.2, 0.25) is 6.79 Å². The predicted octanol–water partition coefficient (Wildman–Crippen LogP) is 0.539. The number of hydrogen-bond acceptors (Lipinski definition) is 10. The minimum absolute atomic E-state index is 0.127. The summed E-state index contributed by atoms with van der Waals surface area (Å²) in [6, 6.07) is 3.71. The lowest BCUT2D eigenvalue weighted by Crippen LogP contribution is -2.46. The summed E-state index contributed by atoms with van der Waals surface area (Å²) in [4.78, 5) is 30.7. The van der Waals surface area contributed by atoms with Gasteiger partial charge < -0.3 is 34.8 Å². The van der Waals surface area contributed by atoms with Gasteiger partial charge in [0.05, 0.1) is 29.8 Å². The third-order valence-electron chi connectivity index (χ3n) is 7.43. The molecule has 2 aliphatic carbocycles. The first-order chi connectivity index (χ1) is 17.3. The van der Waals surface area contributed by atoms with Gasteiger partial charge in [-0.1, -0.05) is 0 Å². The summed E-state index contributed by atoms with van der Waals surface area (Å²) in [6.45, 7) is 1.94. The van der Waals surface area contributed by atoms with E-state index >= 15 is 0 Å². The first-order valence-electron chi connectivity index (χ1n) is 11.9. The summed E-state index contributed by atoms with van der Waals surface area (Å²) in [5.74, 6) is -0.222. The lowest BCUT2D eigenvalue weighted by atomic mass is 9.77. The van der Waals surface area contributed by atoms with Crippen molar-refractivity contribution in [3.05, 3.63) is 46.2 Å². The zero-order valence-corrected chi connectivity index (χ0v) is 19.7. The zero-order chi connectivity index (χ0) is 25.2. The second-order valence-corrected chi connectivity index (χ2v) is 9.70. The molecule has 3 heterocycles. The number of carbonyl (C=O) groups is 2. The molecule has 2 aliphatic heterocycles. The van der Waals surface area contributed by atoms with Gasteiger partial charge in [-0.25, -0.2) is 9.78 Å². The number of aliphatic hydroxyl groups is 3. The van der Waals surface area contributed by atoms with Gasteiger partial charge in [-0.15, -0.1) is 0 Å². The lowest BCUT2D eigenvalue weighted by Gasteiger charge is -2.33. The van der Waals surface area contributed by atoms with E-state index in [-0.39, 0.29) is 31.4 Å². The van der Waals surface area contributed by atoms with Gasteiger partial charge >= 0.3 is 5.97 Å². The number of carbonyl (C=O) groups excluding carboxylic acids is 2. The van der Waals surface area contributed by atoms with E-state index in [0.717, 1.165) is 16.5 Å². The van der Waals surface area contributed by atoms with E-state index in [1.165, 1.54) is 6.92 Å². The van der Waals surface area contributed by atoms with Crippen LogP contribution >= 0.6 is 0 Å². The standard InChI is InChI=1S/C26H26N2O8/c1-26(33)19-5-15-16(24(31)18(19)10-34-25(26)32)4-14-17(8-27-3-2-12(30)9-29)13-6-21-22(36-11-35-21)7-20(13)28-23(14)15/h5-7,12,16,27,29-30,33H,2-4,8-11H2,1H3/t12?,16?,26-/m0/s1. The number of fused-ring (bicyclic) bond motifs is 5. The van der Waals surface area contributed by atoms with Crippen LogP contribution in [0.5, 0.6) is 11.5 Å². The van der Waals surface area contributed by atoms with Crippen LogP contribution in [-0.2, 0) is 27.3 Å². The van der Waals surface area contributed by atoms with Crippen molar-refractivity contribution >= 4 is 28.2 Å². The Labute approximate surface area is 206 Å². The summed E-state index contributed by atoms with van der Waals surface area (Å²) in [5.41, 5.74) is 2.56. The molecule has 0 amide bonds. The summed E-state index contributed by atoms with van der Waals surface area (Å²) in [6.07, 6.45) is 1.75. The lowest BCUT2D eigenvalue weighted by molar-refractivity contribution is -0.161. The Morgan fingerprint density at radius 1 is 1.22 bits per heavy atom. The summed E-state index contributed by atoms with van der Waals surface area (Å²) in [5, 5.41) is 33.8. The van der Waals surface area contributed by atoms with Gasteiger partial charge in [0.1, 0.15) is 6.61 Å². The van der Waals surface area contributed by atoms with Crippen molar-refractivity contribution < 1.29 is 39.1 Å². The van der Waals surface area contributed by atoms with Crippen LogP contribution in [0.1, 0.15) is 30.2 Å². The molecular weight excluding hydrogens is 468 g/mol. The van der Waals surface area contributed by atoms with E-state index in [9.17, 15) is 19.8 Å². The number of pyridine rings is 1. The first-order valence-corrected chi connectivity index (χ1v) is 11.9. The quantitative estimate of drug-likeness (QED) is 0.331. The molecule has 0 saturated heterocycles. The summed E-state index contributed by atoms with van der Waals surface area (Å²) >= 11 is 0. The Morgan fingerprint density at radius 2 is 2.00 bits per heavy atom. The number of esters is 1. The average Bonchev–Trinajstić information content (AvgIpc) is 3.47. The number of ether oxygens (including phenoxy) is 3. The Kier molecular flexibility index (Phi) is 5.38. The molecule has 0 spiro atoms. The molecule has 4 N–H and O–H groups in total. The fourth-order valence-corrected chi connectivity index (χ4v) is 5.43. The van der Waals surface area contributed by atoms with Crippen molar-refractivity contribution in [2.24, 2.45) is 5.92 Å².